The van der Waals surface area contributed by atoms with E-state index in [1.165, 1.54) is 0 Å². The van der Waals surface area contributed by atoms with Gasteiger partial charge in [0, 0.05) is 34.0 Å². The molecule has 2 aromatic rings. The summed E-state index contributed by atoms with van der Waals surface area (Å²) in [6, 6.07) is 14.0. The van der Waals surface area contributed by atoms with Crippen LogP contribution in [-0.4, -0.2) is 6.54 Å². The van der Waals surface area contributed by atoms with Crippen molar-refractivity contribution in [2.45, 2.75) is 19.9 Å². The average Bonchev–Trinajstić information content (AvgIpc) is 2.41. The number of rotatable bonds is 5. The summed E-state index contributed by atoms with van der Waals surface area (Å²) in [5.74, 6) is 0. The zero-order valence-electron chi connectivity index (χ0n) is 11.4. The van der Waals surface area contributed by atoms with Gasteiger partial charge in [-0.25, -0.2) is 0 Å². The van der Waals surface area contributed by atoms with Gasteiger partial charge in [-0.3, -0.25) is 0 Å². The highest BCUT2D eigenvalue weighted by Crippen LogP contribution is 2.26. The summed E-state index contributed by atoms with van der Waals surface area (Å²) in [7, 11) is 0. The van der Waals surface area contributed by atoms with Crippen LogP contribution < -0.4 is 10.6 Å². The second-order valence-electron chi connectivity index (χ2n) is 4.75. The molecule has 4 heteroatoms. The lowest BCUT2D eigenvalue weighted by Crippen LogP contribution is -2.23. The van der Waals surface area contributed by atoms with Crippen molar-refractivity contribution in [3.63, 3.8) is 0 Å². The second-order valence-corrected chi connectivity index (χ2v) is 6.08. The van der Waals surface area contributed by atoms with E-state index < -0.39 is 0 Å². The fourth-order valence-corrected chi connectivity index (χ4v) is 2.88. The minimum Gasteiger partial charge on any atom is -0.399 e. The molecular formula is C16H18BrClN2. The van der Waals surface area contributed by atoms with E-state index >= 15 is 0 Å². The Morgan fingerprint density at radius 2 is 2.00 bits per heavy atom. The van der Waals surface area contributed by atoms with Crippen LogP contribution in [0.3, 0.4) is 0 Å². The number of hydrogen-bond donors (Lipinski definition) is 1. The van der Waals surface area contributed by atoms with E-state index in [4.69, 9.17) is 17.3 Å². The third-order valence-electron chi connectivity index (χ3n) is 3.11. The van der Waals surface area contributed by atoms with E-state index in [2.05, 4.69) is 39.9 Å². The Labute approximate surface area is 133 Å². The van der Waals surface area contributed by atoms with Gasteiger partial charge in [0.2, 0.25) is 0 Å². The number of nitrogen functional groups attached to an aromatic ring is 1. The minimum atomic E-state index is 0.781. The van der Waals surface area contributed by atoms with Crippen molar-refractivity contribution in [1.82, 2.24) is 0 Å². The predicted molar refractivity (Wildman–Crippen MR) is 91.3 cm³/mol. The van der Waals surface area contributed by atoms with Crippen molar-refractivity contribution in [2.75, 3.05) is 17.2 Å². The molecule has 0 atom stereocenters. The van der Waals surface area contributed by atoms with Gasteiger partial charge in [0.1, 0.15) is 0 Å². The first-order chi connectivity index (χ1) is 9.60. The molecule has 0 aliphatic heterocycles. The highest BCUT2D eigenvalue weighted by Gasteiger charge is 2.09. The van der Waals surface area contributed by atoms with Crippen LogP contribution in [0.15, 0.2) is 46.9 Å². The topological polar surface area (TPSA) is 29.3 Å². The summed E-state index contributed by atoms with van der Waals surface area (Å²) in [4.78, 5) is 2.30. The summed E-state index contributed by atoms with van der Waals surface area (Å²) in [5.41, 5.74) is 8.91. The maximum Gasteiger partial charge on any atom is 0.0467 e. The Morgan fingerprint density at radius 3 is 2.65 bits per heavy atom. The second kappa shape index (κ2) is 7.00. The number of nitrogens with two attached hydrogens (primary N) is 1. The number of hydrogen-bond acceptors (Lipinski definition) is 2. The summed E-state index contributed by atoms with van der Waals surface area (Å²) in [5, 5.41) is 0.782. The molecule has 106 valence electrons. The van der Waals surface area contributed by atoms with Crippen molar-refractivity contribution in [2.24, 2.45) is 0 Å². The SMILES string of the molecule is CCCN(Cc1ccc(Br)cc1Cl)c1cccc(N)c1. The zero-order valence-corrected chi connectivity index (χ0v) is 13.8. The molecule has 2 nitrogen and oxygen atoms in total. The molecule has 0 radical (unpaired) electrons. The lowest BCUT2D eigenvalue weighted by molar-refractivity contribution is 0.767. The maximum atomic E-state index is 6.31. The molecule has 0 aliphatic rings. The molecular weight excluding hydrogens is 336 g/mol. The Hall–Kier alpha value is -1.19. The highest BCUT2D eigenvalue weighted by molar-refractivity contribution is 9.10. The highest BCUT2D eigenvalue weighted by atomic mass is 79.9. The Morgan fingerprint density at radius 1 is 1.20 bits per heavy atom. The molecule has 0 heterocycles. The smallest absolute Gasteiger partial charge is 0.0467 e. The van der Waals surface area contributed by atoms with Crippen molar-refractivity contribution >= 4 is 38.9 Å². The Balaban J connectivity index is 2.25. The summed E-state index contributed by atoms with van der Waals surface area (Å²) < 4.78 is 0.997. The van der Waals surface area contributed by atoms with Crippen LogP contribution in [0.5, 0.6) is 0 Å². The fourth-order valence-electron chi connectivity index (χ4n) is 2.15. The van der Waals surface area contributed by atoms with E-state index in [1.807, 2.05) is 30.3 Å². The minimum absolute atomic E-state index is 0.781. The lowest BCUT2D eigenvalue weighted by atomic mass is 10.1. The van der Waals surface area contributed by atoms with Gasteiger partial charge in [0.25, 0.3) is 0 Å². The molecule has 0 bridgehead atoms. The zero-order chi connectivity index (χ0) is 14.5. The first-order valence-corrected chi connectivity index (χ1v) is 7.81. The molecule has 2 N–H and O–H groups in total. The lowest BCUT2D eigenvalue weighted by Gasteiger charge is -2.25. The third kappa shape index (κ3) is 3.90. The predicted octanol–water partition coefficient (Wildman–Crippen LogP) is 5.10. The van der Waals surface area contributed by atoms with Crippen LogP contribution in [0.2, 0.25) is 5.02 Å². The van der Waals surface area contributed by atoms with Crippen molar-refractivity contribution in [3.8, 4) is 0 Å². The molecule has 20 heavy (non-hydrogen) atoms. The number of nitrogens with zero attached hydrogens (tertiary/aromatic N) is 1. The van der Waals surface area contributed by atoms with Crippen LogP contribution in [0.25, 0.3) is 0 Å². The molecule has 0 aliphatic carbocycles. The maximum absolute atomic E-state index is 6.31. The average molecular weight is 354 g/mol. The van der Waals surface area contributed by atoms with Crippen LogP contribution >= 0.6 is 27.5 Å². The van der Waals surface area contributed by atoms with E-state index in [1.54, 1.807) is 0 Å². The van der Waals surface area contributed by atoms with E-state index in [0.29, 0.717) is 0 Å². The van der Waals surface area contributed by atoms with Gasteiger partial charge < -0.3 is 10.6 Å². The number of halogens is 2. The van der Waals surface area contributed by atoms with Gasteiger partial charge in [0.05, 0.1) is 0 Å². The van der Waals surface area contributed by atoms with Gasteiger partial charge >= 0.3 is 0 Å². The normalized spacial score (nSPS) is 10.6. The molecule has 0 aromatic heterocycles. The standard InChI is InChI=1S/C16H18BrClN2/c1-2-8-20(15-5-3-4-14(19)10-15)11-12-6-7-13(17)9-16(12)18/h3-7,9-10H,2,8,11,19H2,1H3. The Kier molecular flexibility index (Phi) is 5.32. The van der Waals surface area contributed by atoms with Gasteiger partial charge in [-0.15, -0.1) is 0 Å². The van der Waals surface area contributed by atoms with Crippen LogP contribution in [0.1, 0.15) is 18.9 Å². The molecule has 2 aromatic carbocycles. The molecule has 0 saturated carbocycles. The molecule has 0 saturated heterocycles. The van der Waals surface area contributed by atoms with Crippen molar-refractivity contribution < 1.29 is 0 Å². The summed E-state index contributed by atoms with van der Waals surface area (Å²) in [6.07, 6.45) is 1.07. The Bertz CT molecular complexity index is 586. The quantitative estimate of drug-likeness (QED) is 0.758. The van der Waals surface area contributed by atoms with E-state index in [9.17, 15) is 0 Å². The monoisotopic (exact) mass is 352 g/mol. The van der Waals surface area contributed by atoms with Gasteiger partial charge in [-0.1, -0.05) is 46.6 Å². The molecule has 0 amide bonds. The van der Waals surface area contributed by atoms with Crippen molar-refractivity contribution in [3.05, 3.63) is 57.5 Å². The van der Waals surface area contributed by atoms with Crippen LogP contribution in [0.4, 0.5) is 11.4 Å². The van der Waals surface area contributed by atoms with Gasteiger partial charge in [0.15, 0.2) is 0 Å². The molecule has 0 fully saturated rings. The molecule has 0 spiro atoms. The molecule has 2 rings (SSSR count). The molecule has 0 unspecified atom stereocenters. The van der Waals surface area contributed by atoms with Gasteiger partial charge in [-0.2, -0.15) is 0 Å². The van der Waals surface area contributed by atoms with E-state index in [0.717, 1.165) is 45.9 Å². The number of anilines is 2. The van der Waals surface area contributed by atoms with Crippen LogP contribution in [0, 0.1) is 0 Å². The first-order valence-electron chi connectivity index (χ1n) is 6.64. The number of benzene rings is 2. The van der Waals surface area contributed by atoms with E-state index in [-0.39, 0.29) is 0 Å². The third-order valence-corrected chi connectivity index (χ3v) is 3.95. The van der Waals surface area contributed by atoms with Gasteiger partial charge in [-0.05, 0) is 42.3 Å². The first kappa shape index (κ1) is 15.2. The van der Waals surface area contributed by atoms with Crippen LogP contribution in [-0.2, 0) is 6.54 Å². The van der Waals surface area contributed by atoms with Crippen molar-refractivity contribution in [1.29, 1.82) is 0 Å². The summed E-state index contributed by atoms with van der Waals surface area (Å²) in [6.45, 7) is 3.92. The fraction of sp³-hybridized carbons (Fsp3) is 0.250. The summed E-state index contributed by atoms with van der Waals surface area (Å²) >= 11 is 9.74. The largest absolute Gasteiger partial charge is 0.399 e.